The van der Waals surface area contributed by atoms with E-state index in [4.69, 9.17) is 4.74 Å². The molecule has 78 valence electrons. The number of hydrogen-bond donors (Lipinski definition) is 0. The lowest BCUT2D eigenvalue weighted by molar-refractivity contribution is 0.396. The van der Waals surface area contributed by atoms with E-state index in [-0.39, 0.29) is 4.90 Å². The fourth-order valence-corrected chi connectivity index (χ4v) is 1.99. The van der Waals surface area contributed by atoms with Crippen LogP contribution in [0.4, 0.5) is 0 Å². The van der Waals surface area contributed by atoms with Crippen molar-refractivity contribution in [2.75, 3.05) is 14.2 Å². The molecule has 0 radical (unpaired) electrons. The summed E-state index contributed by atoms with van der Waals surface area (Å²) in [6, 6.07) is 4.69. The largest absolute Gasteiger partial charge is 0.497 e. The Morgan fingerprint density at radius 3 is 2.29 bits per heavy atom. The van der Waals surface area contributed by atoms with Gasteiger partial charge in [-0.05, 0) is 30.7 Å². The van der Waals surface area contributed by atoms with Crippen LogP contribution in [0.5, 0.6) is 5.75 Å². The quantitative estimate of drug-likeness (QED) is 0.715. The molecule has 14 heavy (non-hydrogen) atoms. The maximum absolute atomic E-state index is 11.4. The second kappa shape index (κ2) is 3.98. The molecule has 0 saturated heterocycles. The predicted octanol–water partition coefficient (Wildman–Crippen LogP) is 1.34. The molecule has 0 saturated carbocycles. The van der Waals surface area contributed by atoms with Crippen LogP contribution in [-0.2, 0) is 14.3 Å². The molecule has 0 heterocycles. The molecule has 0 aliphatic heterocycles. The minimum atomic E-state index is -3.61. The summed E-state index contributed by atoms with van der Waals surface area (Å²) in [4.78, 5) is 0.167. The van der Waals surface area contributed by atoms with Crippen LogP contribution >= 0.6 is 0 Å². The molecular weight excluding hydrogens is 204 g/mol. The molecule has 0 aliphatic carbocycles. The van der Waals surface area contributed by atoms with Crippen molar-refractivity contribution in [1.29, 1.82) is 0 Å². The zero-order valence-electron chi connectivity index (χ0n) is 8.27. The fraction of sp³-hybridized carbons (Fsp3) is 0.333. The van der Waals surface area contributed by atoms with Crippen LogP contribution < -0.4 is 4.74 Å². The van der Waals surface area contributed by atoms with Crippen molar-refractivity contribution < 1.29 is 17.3 Å². The first-order valence-electron chi connectivity index (χ1n) is 3.96. The molecule has 1 aromatic rings. The van der Waals surface area contributed by atoms with Crippen LogP contribution in [0.1, 0.15) is 5.56 Å². The molecule has 1 rings (SSSR count). The van der Waals surface area contributed by atoms with Gasteiger partial charge in [-0.25, -0.2) is 0 Å². The SMILES string of the molecule is COc1ccc(S(=O)(=O)OC)c(C)c1. The van der Waals surface area contributed by atoms with E-state index in [2.05, 4.69) is 4.18 Å². The highest BCUT2D eigenvalue weighted by molar-refractivity contribution is 7.86. The molecule has 0 unspecified atom stereocenters. The minimum absolute atomic E-state index is 0.167. The summed E-state index contributed by atoms with van der Waals surface area (Å²) < 4.78 is 32.1. The number of benzene rings is 1. The van der Waals surface area contributed by atoms with E-state index in [1.807, 2.05) is 0 Å². The van der Waals surface area contributed by atoms with Crippen molar-refractivity contribution in [2.45, 2.75) is 11.8 Å². The maximum Gasteiger partial charge on any atom is 0.296 e. The lowest BCUT2D eigenvalue weighted by Gasteiger charge is -2.06. The highest BCUT2D eigenvalue weighted by Gasteiger charge is 2.15. The molecule has 4 nitrogen and oxygen atoms in total. The van der Waals surface area contributed by atoms with Crippen LogP contribution in [0.3, 0.4) is 0 Å². The summed E-state index contributed by atoms with van der Waals surface area (Å²) in [5.74, 6) is 0.623. The Hall–Kier alpha value is -1.07. The van der Waals surface area contributed by atoms with Gasteiger partial charge in [-0.2, -0.15) is 8.42 Å². The molecule has 1 aromatic carbocycles. The Bertz CT molecular complexity index is 422. The van der Waals surface area contributed by atoms with Gasteiger partial charge >= 0.3 is 0 Å². The Balaban J connectivity index is 3.26. The first kappa shape index (κ1) is 11.0. The monoisotopic (exact) mass is 216 g/mol. The van der Waals surface area contributed by atoms with Crippen molar-refractivity contribution in [3.8, 4) is 5.75 Å². The average molecular weight is 216 g/mol. The molecular formula is C9H12O4S. The maximum atomic E-state index is 11.4. The smallest absolute Gasteiger partial charge is 0.296 e. The van der Waals surface area contributed by atoms with Gasteiger partial charge in [0.1, 0.15) is 5.75 Å². The van der Waals surface area contributed by atoms with E-state index in [0.717, 1.165) is 7.11 Å². The van der Waals surface area contributed by atoms with Crippen LogP contribution in [0.15, 0.2) is 23.1 Å². The molecule has 0 aromatic heterocycles. The molecule has 0 N–H and O–H groups in total. The molecule has 0 fully saturated rings. The summed E-state index contributed by atoms with van der Waals surface area (Å²) in [6.07, 6.45) is 0. The first-order valence-corrected chi connectivity index (χ1v) is 5.37. The Morgan fingerprint density at radius 2 is 1.86 bits per heavy atom. The van der Waals surface area contributed by atoms with Gasteiger partial charge in [0.05, 0.1) is 19.1 Å². The van der Waals surface area contributed by atoms with E-state index in [0.29, 0.717) is 11.3 Å². The number of rotatable bonds is 3. The lowest BCUT2D eigenvalue weighted by atomic mass is 10.2. The summed E-state index contributed by atoms with van der Waals surface area (Å²) in [7, 11) is -0.944. The summed E-state index contributed by atoms with van der Waals surface area (Å²) >= 11 is 0. The highest BCUT2D eigenvalue weighted by Crippen LogP contribution is 2.21. The summed E-state index contributed by atoms with van der Waals surface area (Å²) in [5.41, 5.74) is 0.603. The van der Waals surface area contributed by atoms with Gasteiger partial charge < -0.3 is 4.74 Å². The van der Waals surface area contributed by atoms with Crippen LogP contribution in [0, 0.1) is 6.92 Å². The molecule has 0 bridgehead atoms. The van der Waals surface area contributed by atoms with Crippen molar-refractivity contribution in [1.82, 2.24) is 0 Å². The second-order valence-corrected chi connectivity index (χ2v) is 4.43. The van der Waals surface area contributed by atoms with Crippen LogP contribution in [0.2, 0.25) is 0 Å². The Kier molecular flexibility index (Phi) is 3.13. The van der Waals surface area contributed by atoms with Gasteiger partial charge in [-0.3, -0.25) is 4.18 Å². The number of methoxy groups -OCH3 is 1. The third-order valence-electron chi connectivity index (χ3n) is 1.87. The van der Waals surface area contributed by atoms with Gasteiger partial charge in [0, 0.05) is 0 Å². The fourth-order valence-electron chi connectivity index (χ4n) is 1.12. The normalized spacial score (nSPS) is 11.4. The molecule has 0 spiro atoms. The van der Waals surface area contributed by atoms with Gasteiger partial charge in [0.2, 0.25) is 0 Å². The van der Waals surface area contributed by atoms with Crippen molar-refractivity contribution in [3.63, 3.8) is 0 Å². The van der Waals surface area contributed by atoms with Crippen molar-refractivity contribution in [2.24, 2.45) is 0 Å². The minimum Gasteiger partial charge on any atom is -0.497 e. The standard InChI is InChI=1S/C9H12O4S/c1-7-6-8(12-2)4-5-9(7)14(10,11)13-3/h4-6H,1-3H3. The van der Waals surface area contributed by atoms with E-state index in [9.17, 15) is 8.42 Å². The van der Waals surface area contributed by atoms with Gasteiger partial charge in [-0.15, -0.1) is 0 Å². The van der Waals surface area contributed by atoms with Crippen LogP contribution in [0.25, 0.3) is 0 Å². The highest BCUT2D eigenvalue weighted by atomic mass is 32.2. The Labute approximate surface area is 83.6 Å². The summed E-state index contributed by atoms with van der Waals surface area (Å²) in [6.45, 7) is 1.69. The van der Waals surface area contributed by atoms with Gasteiger partial charge in [0.25, 0.3) is 10.1 Å². The number of ether oxygens (including phenoxy) is 1. The van der Waals surface area contributed by atoms with Gasteiger partial charge in [-0.1, -0.05) is 0 Å². The lowest BCUT2D eigenvalue weighted by Crippen LogP contribution is -2.04. The third kappa shape index (κ3) is 2.05. The average Bonchev–Trinajstić information content (AvgIpc) is 2.17. The van der Waals surface area contributed by atoms with E-state index in [1.165, 1.54) is 13.2 Å². The zero-order chi connectivity index (χ0) is 10.8. The van der Waals surface area contributed by atoms with Crippen molar-refractivity contribution >= 4 is 10.1 Å². The third-order valence-corrected chi connectivity index (χ3v) is 3.31. The van der Waals surface area contributed by atoms with Crippen LogP contribution in [-0.4, -0.2) is 22.6 Å². The van der Waals surface area contributed by atoms with E-state index >= 15 is 0 Å². The summed E-state index contributed by atoms with van der Waals surface area (Å²) in [5, 5.41) is 0. The molecule has 5 heteroatoms. The van der Waals surface area contributed by atoms with E-state index in [1.54, 1.807) is 19.1 Å². The molecule has 0 atom stereocenters. The number of aryl methyl sites for hydroxylation is 1. The first-order chi connectivity index (χ1) is 6.51. The topological polar surface area (TPSA) is 52.6 Å². The van der Waals surface area contributed by atoms with E-state index < -0.39 is 10.1 Å². The zero-order valence-corrected chi connectivity index (χ0v) is 9.09. The molecule has 0 aliphatic rings. The number of hydrogen-bond acceptors (Lipinski definition) is 4. The van der Waals surface area contributed by atoms with Crippen molar-refractivity contribution in [3.05, 3.63) is 23.8 Å². The Morgan fingerprint density at radius 1 is 1.21 bits per heavy atom. The molecule has 0 amide bonds. The predicted molar refractivity (Wildman–Crippen MR) is 51.9 cm³/mol. The van der Waals surface area contributed by atoms with Gasteiger partial charge in [0.15, 0.2) is 0 Å². The second-order valence-electron chi connectivity index (χ2n) is 2.75.